The van der Waals surface area contributed by atoms with Crippen molar-refractivity contribution in [2.24, 2.45) is 0 Å². The summed E-state index contributed by atoms with van der Waals surface area (Å²) < 4.78 is 11.8. The van der Waals surface area contributed by atoms with E-state index in [0.717, 1.165) is 82.6 Å². The predicted molar refractivity (Wildman–Crippen MR) is 285 cm³/mol. The Kier molecular flexibility index (Phi) is 7.97. The lowest BCUT2D eigenvalue weighted by Crippen LogP contribution is -2.00. The van der Waals surface area contributed by atoms with E-state index >= 15 is 0 Å². The molecule has 6 heteroatoms. The second kappa shape index (κ2) is 14.6. The second-order valence-electron chi connectivity index (χ2n) is 17.9. The fraction of sp³-hybridized carbons (Fsp3) is 0. The third-order valence-electron chi connectivity index (χ3n) is 14.1. The second-order valence-corrected chi connectivity index (χ2v) is 17.9. The van der Waals surface area contributed by atoms with Crippen LogP contribution in [-0.4, -0.2) is 24.1 Å². The van der Waals surface area contributed by atoms with Gasteiger partial charge in [0.1, 0.15) is 11.2 Å². The molecule has 4 heterocycles. The summed E-state index contributed by atoms with van der Waals surface area (Å²) in [6.07, 6.45) is 0. The lowest BCUT2D eigenvalue weighted by molar-refractivity contribution is 0.670. The molecule has 0 unspecified atom stereocenters. The molecule has 0 N–H and O–H groups in total. The number of hydrogen-bond donors (Lipinski definition) is 0. The Morgan fingerprint density at radius 3 is 1.80 bits per heavy atom. The van der Waals surface area contributed by atoms with E-state index in [-0.39, 0.29) is 0 Å². The van der Waals surface area contributed by atoms with Crippen LogP contribution in [0.3, 0.4) is 0 Å². The fourth-order valence-corrected chi connectivity index (χ4v) is 11.0. The van der Waals surface area contributed by atoms with Crippen molar-refractivity contribution in [2.45, 2.75) is 0 Å². The van der Waals surface area contributed by atoms with Gasteiger partial charge in [-0.15, -0.1) is 0 Å². The first kappa shape index (κ1) is 37.8. The molecule has 0 aliphatic rings. The first-order valence-corrected chi connectivity index (χ1v) is 23.3. The summed E-state index contributed by atoms with van der Waals surface area (Å²) in [7, 11) is 0. The van der Waals surface area contributed by atoms with Crippen LogP contribution in [0, 0.1) is 0 Å². The summed E-state index contributed by atoms with van der Waals surface area (Å²) in [5.74, 6) is 1.73. The van der Waals surface area contributed by atoms with E-state index in [1.807, 2.05) is 18.2 Å². The maximum Gasteiger partial charge on any atom is 0.167 e. The van der Waals surface area contributed by atoms with Gasteiger partial charge < -0.3 is 13.6 Å². The largest absolute Gasteiger partial charge is 0.455 e. The minimum Gasteiger partial charge on any atom is -0.455 e. The van der Waals surface area contributed by atoms with Gasteiger partial charge in [-0.2, -0.15) is 0 Å². The predicted octanol–water partition coefficient (Wildman–Crippen LogP) is 16.4. The molecule has 0 atom stereocenters. The number of aromatic nitrogens is 5. The molecule has 15 rings (SSSR count). The van der Waals surface area contributed by atoms with Crippen LogP contribution in [0.2, 0.25) is 0 Å². The normalized spacial score (nSPS) is 12.1. The van der Waals surface area contributed by atoms with Crippen LogP contribution in [-0.2, 0) is 0 Å². The Hall–Kier alpha value is -9.39. The molecule has 4 aromatic heterocycles. The molecular weight excluding hydrogens is 843 g/mol. The van der Waals surface area contributed by atoms with E-state index in [1.165, 1.54) is 43.4 Å². The standard InChI is InChI=1S/C63H37N5O/c1-3-16-40(17-4-1)61-64-62(49-25-14-28-54-57(49)47-23-11-12-27-53(47)67(54)43-20-5-2-6-21-43)66-63(65-61)50-26-13-24-48-58-51-37-44(32-29-39(51)31-34-56(58)69-60(48)50)68-55-36-42-19-8-7-18-41(42)35-52(55)46-33-30-38-15-9-10-22-45(38)59(46)68/h1-37H. The quantitative estimate of drug-likeness (QED) is 0.173. The molecule has 11 aromatic carbocycles. The maximum absolute atomic E-state index is 6.98. The van der Waals surface area contributed by atoms with Crippen LogP contribution in [0.25, 0.3) is 143 Å². The highest BCUT2D eigenvalue weighted by atomic mass is 16.3. The molecule has 0 fully saturated rings. The zero-order valence-electron chi connectivity index (χ0n) is 37.0. The van der Waals surface area contributed by atoms with Crippen LogP contribution >= 0.6 is 0 Å². The lowest BCUT2D eigenvalue weighted by atomic mass is 10.0. The minimum atomic E-state index is 0.543. The smallest absolute Gasteiger partial charge is 0.167 e. The van der Waals surface area contributed by atoms with Crippen molar-refractivity contribution >= 4 is 97.9 Å². The molecule has 0 radical (unpaired) electrons. The van der Waals surface area contributed by atoms with Crippen LogP contribution in [0.5, 0.6) is 0 Å². The highest BCUT2D eigenvalue weighted by Crippen LogP contribution is 2.44. The van der Waals surface area contributed by atoms with Crippen molar-refractivity contribution < 1.29 is 4.42 Å². The Morgan fingerprint density at radius 1 is 0.319 bits per heavy atom. The number of benzene rings is 11. The molecule has 0 spiro atoms. The number of fused-ring (bicyclic) bond motifs is 14. The van der Waals surface area contributed by atoms with Crippen molar-refractivity contribution in [3.63, 3.8) is 0 Å². The average molecular weight is 880 g/mol. The van der Waals surface area contributed by atoms with Gasteiger partial charge in [0.15, 0.2) is 17.5 Å². The van der Waals surface area contributed by atoms with Gasteiger partial charge in [0.2, 0.25) is 0 Å². The maximum atomic E-state index is 6.98. The zero-order valence-corrected chi connectivity index (χ0v) is 37.0. The van der Waals surface area contributed by atoms with Gasteiger partial charge in [0.25, 0.3) is 0 Å². The number of furan rings is 1. The number of hydrogen-bond acceptors (Lipinski definition) is 4. The monoisotopic (exact) mass is 879 g/mol. The lowest BCUT2D eigenvalue weighted by Gasteiger charge is -2.12. The van der Waals surface area contributed by atoms with Crippen molar-refractivity contribution in [1.82, 2.24) is 24.1 Å². The Labute approximate surface area is 394 Å². The minimum absolute atomic E-state index is 0.543. The highest BCUT2D eigenvalue weighted by Gasteiger charge is 2.23. The molecule has 6 nitrogen and oxygen atoms in total. The van der Waals surface area contributed by atoms with Gasteiger partial charge in [0, 0.05) is 60.2 Å². The fourth-order valence-electron chi connectivity index (χ4n) is 11.0. The van der Waals surface area contributed by atoms with E-state index in [2.05, 4.69) is 215 Å². The summed E-state index contributed by atoms with van der Waals surface area (Å²) in [6, 6.07) is 79.7. The van der Waals surface area contributed by atoms with Gasteiger partial charge in [-0.1, -0.05) is 164 Å². The Bertz CT molecular complexity index is 4600. The molecule has 0 bridgehead atoms. The van der Waals surface area contributed by atoms with E-state index < -0.39 is 0 Å². The van der Waals surface area contributed by atoms with Crippen molar-refractivity contribution in [3.05, 3.63) is 224 Å². The SMILES string of the molecule is c1ccc(-c2nc(-c3cccc4c3oc3ccc5ccc(-n6c7cc8ccccc8cc7c7ccc8ccccc8c76)cc5c34)nc(-c3cccc4c3c3ccccc3n4-c3ccccc3)n2)cc1. The summed E-state index contributed by atoms with van der Waals surface area (Å²) in [4.78, 5) is 15.9. The molecule has 0 saturated carbocycles. The van der Waals surface area contributed by atoms with Crippen LogP contribution in [0.1, 0.15) is 0 Å². The first-order valence-electron chi connectivity index (χ1n) is 23.3. The Morgan fingerprint density at radius 2 is 0.942 bits per heavy atom. The summed E-state index contributed by atoms with van der Waals surface area (Å²) in [5.41, 5.74) is 10.9. The van der Waals surface area contributed by atoms with Gasteiger partial charge in [-0.25, -0.2) is 15.0 Å². The van der Waals surface area contributed by atoms with Gasteiger partial charge >= 0.3 is 0 Å². The molecule has 0 saturated heterocycles. The molecule has 0 amide bonds. The van der Waals surface area contributed by atoms with E-state index in [4.69, 9.17) is 19.4 Å². The third-order valence-corrected chi connectivity index (χ3v) is 14.1. The van der Waals surface area contributed by atoms with Crippen LogP contribution in [0.4, 0.5) is 0 Å². The molecule has 69 heavy (non-hydrogen) atoms. The van der Waals surface area contributed by atoms with E-state index in [1.54, 1.807) is 0 Å². The van der Waals surface area contributed by atoms with Crippen molar-refractivity contribution in [2.75, 3.05) is 0 Å². The number of rotatable bonds is 5. The van der Waals surface area contributed by atoms with Crippen molar-refractivity contribution in [1.29, 1.82) is 0 Å². The zero-order chi connectivity index (χ0) is 45.2. The average Bonchev–Trinajstić information content (AvgIpc) is 4.08. The Balaban J connectivity index is 0.966. The van der Waals surface area contributed by atoms with E-state index in [9.17, 15) is 0 Å². The number of nitrogens with zero attached hydrogens (tertiary/aromatic N) is 5. The summed E-state index contributed by atoms with van der Waals surface area (Å²) in [6.45, 7) is 0. The van der Waals surface area contributed by atoms with Gasteiger partial charge in [-0.3, -0.25) is 0 Å². The summed E-state index contributed by atoms with van der Waals surface area (Å²) in [5, 5.41) is 13.8. The highest BCUT2D eigenvalue weighted by molar-refractivity contribution is 6.23. The molecule has 320 valence electrons. The van der Waals surface area contributed by atoms with Gasteiger partial charge in [-0.05, 0) is 87.6 Å². The molecular formula is C63H37N5O. The molecule has 0 aliphatic heterocycles. The van der Waals surface area contributed by atoms with Gasteiger partial charge in [0.05, 0.1) is 27.6 Å². The number of para-hydroxylation sites is 3. The molecule has 0 aliphatic carbocycles. The van der Waals surface area contributed by atoms with E-state index in [0.29, 0.717) is 17.5 Å². The topological polar surface area (TPSA) is 61.7 Å². The third kappa shape index (κ3) is 5.63. The molecule has 15 aromatic rings. The van der Waals surface area contributed by atoms with Crippen molar-refractivity contribution in [3.8, 4) is 45.5 Å². The summed E-state index contributed by atoms with van der Waals surface area (Å²) >= 11 is 0. The van der Waals surface area contributed by atoms with Crippen LogP contribution < -0.4 is 0 Å². The van der Waals surface area contributed by atoms with Crippen LogP contribution in [0.15, 0.2) is 229 Å². The first-order chi connectivity index (χ1) is 34.2.